The summed E-state index contributed by atoms with van der Waals surface area (Å²) < 4.78 is 36.9. The zero-order valence-corrected chi connectivity index (χ0v) is 24.9. The van der Waals surface area contributed by atoms with Gasteiger partial charge in [-0.3, -0.25) is 4.79 Å². The molecule has 0 spiro atoms. The van der Waals surface area contributed by atoms with Crippen LogP contribution < -0.4 is 24.4 Å². The number of hydrogen-bond acceptors (Lipinski definition) is 8. The number of amides is 1. The summed E-state index contributed by atoms with van der Waals surface area (Å²) in [4.78, 5) is 26.5. The number of benzene rings is 3. The van der Waals surface area contributed by atoms with Gasteiger partial charge in [-0.2, -0.15) is 0 Å². The molecule has 1 aliphatic rings. The van der Waals surface area contributed by atoms with Gasteiger partial charge in [0.25, 0.3) is 5.91 Å². The number of ether oxygens (including phenoxy) is 4. The van der Waals surface area contributed by atoms with Crippen LogP contribution in [0.25, 0.3) is 11.1 Å². The molecule has 2 unspecified atom stereocenters. The summed E-state index contributed by atoms with van der Waals surface area (Å²) in [5, 5.41) is 12.7. The maximum absolute atomic E-state index is 14.0. The highest BCUT2D eigenvalue weighted by molar-refractivity contribution is 6.08. The lowest BCUT2D eigenvalue weighted by atomic mass is 9.91. The summed E-state index contributed by atoms with van der Waals surface area (Å²) in [6.45, 7) is 8.61. The molecule has 1 heterocycles. The molecule has 1 aliphatic heterocycles. The summed E-state index contributed by atoms with van der Waals surface area (Å²) >= 11 is 0. The van der Waals surface area contributed by atoms with Crippen molar-refractivity contribution >= 4 is 23.3 Å². The van der Waals surface area contributed by atoms with E-state index < -0.39 is 29.5 Å². The molecule has 2 N–H and O–H groups in total. The van der Waals surface area contributed by atoms with Crippen molar-refractivity contribution < 1.29 is 38.0 Å². The Morgan fingerprint density at radius 1 is 1.05 bits per heavy atom. The van der Waals surface area contributed by atoms with Crippen LogP contribution in [0.3, 0.4) is 0 Å². The first-order chi connectivity index (χ1) is 19.8. The normalized spacial score (nSPS) is 15.3. The fourth-order valence-electron chi connectivity index (χ4n) is 4.84. The average molecular weight is 581 g/mol. The Morgan fingerprint density at radius 3 is 2.45 bits per heavy atom. The summed E-state index contributed by atoms with van der Waals surface area (Å²) in [5.74, 6) is 0.138. The van der Waals surface area contributed by atoms with Gasteiger partial charge in [-0.1, -0.05) is 12.1 Å². The molecule has 42 heavy (non-hydrogen) atoms. The third-order valence-electron chi connectivity index (χ3n) is 7.03. The van der Waals surface area contributed by atoms with Gasteiger partial charge in [0.2, 0.25) is 0 Å². The minimum absolute atomic E-state index is 0.0517. The molecular weight excluding hydrogens is 543 g/mol. The van der Waals surface area contributed by atoms with E-state index in [1.807, 2.05) is 39.0 Å². The first-order valence-corrected chi connectivity index (χ1v) is 13.6. The number of likely N-dealkylation sites (N-methyl/N-ethyl adjacent to an activating group) is 1. The van der Waals surface area contributed by atoms with Crippen LogP contribution in [-0.4, -0.2) is 55.5 Å². The summed E-state index contributed by atoms with van der Waals surface area (Å²) in [5.41, 5.74) is 3.58. The largest absolute Gasteiger partial charge is 0.496 e. The molecular formula is C32H37FN2O7. The molecule has 0 aromatic heterocycles. The Kier molecular flexibility index (Phi) is 8.96. The van der Waals surface area contributed by atoms with Gasteiger partial charge in [-0.05, 0) is 70.0 Å². The first kappa shape index (κ1) is 30.6. The van der Waals surface area contributed by atoms with E-state index in [0.29, 0.717) is 28.5 Å². The molecule has 0 bridgehead atoms. The van der Waals surface area contributed by atoms with Gasteiger partial charge < -0.3 is 34.3 Å². The van der Waals surface area contributed by atoms with Gasteiger partial charge in [0, 0.05) is 30.3 Å². The maximum Gasteiger partial charge on any atom is 0.335 e. The number of nitrogens with one attached hydrogen (secondary N) is 1. The predicted molar refractivity (Wildman–Crippen MR) is 158 cm³/mol. The Labute approximate surface area is 245 Å². The first-order valence-electron chi connectivity index (χ1n) is 13.6. The summed E-state index contributed by atoms with van der Waals surface area (Å²) in [6.07, 6.45) is -1.81. The van der Waals surface area contributed by atoms with E-state index in [1.54, 1.807) is 44.2 Å². The fraction of sp³-hybridized carbons (Fsp3) is 0.375. The van der Waals surface area contributed by atoms with Crippen LogP contribution in [0.5, 0.6) is 17.2 Å². The second-order valence-corrected chi connectivity index (χ2v) is 10.9. The molecule has 0 saturated carbocycles. The van der Waals surface area contributed by atoms with Gasteiger partial charge in [0.05, 0.1) is 18.5 Å². The van der Waals surface area contributed by atoms with E-state index in [4.69, 9.17) is 18.9 Å². The van der Waals surface area contributed by atoms with Crippen LogP contribution in [-0.2, 0) is 20.9 Å². The Morgan fingerprint density at radius 2 is 1.76 bits per heavy atom. The molecule has 0 fully saturated rings. The lowest BCUT2D eigenvalue weighted by Gasteiger charge is -2.39. The summed E-state index contributed by atoms with van der Waals surface area (Å²) in [7, 11) is 3.27. The van der Waals surface area contributed by atoms with Crippen molar-refractivity contribution in [2.45, 2.75) is 59.0 Å². The zero-order chi connectivity index (χ0) is 30.8. The number of hydrogen-bond donors (Lipinski definition) is 2. The lowest BCUT2D eigenvalue weighted by Crippen LogP contribution is -2.52. The molecule has 3 aromatic carbocycles. The number of carbonyl (C=O) groups is 2. The number of halogens is 1. The van der Waals surface area contributed by atoms with E-state index in [0.717, 1.165) is 22.4 Å². The highest BCUT2D eigenvalue weighted by Crippen LogP contribution is 2.45. The van der Waals surface area contributed by atoms with Crippen LogP contribution in [0.1, 0.15) is 38.8 Å². The van der Waals surface area contributed by atoms with Crippen molar-refractivity contribution in [1.29, 1.82) is 0 Å². The number of esters is 1. The van der Waals surface area contributed by atoms with E-state index in [9.17, 15) is 19.1 Å². The molecule has 0 saturated heterocycles. The Bertz CT molecular complexity index is 1490. The smallest absolute Gasteiger partial charge is 0.335 e. The molecule has 224 valence electrons. The second kappa shape index (κ2) is 12.3. The topological polar surface area (TPSA) is 107 Å². The standard InChI is InChI=1S/C32H37FN2O7/c1-18-8-9-21(33)14-27(18)41-17-25-23(12-13-26-29(25)35(6)31(38)32(4,5)34-26)24-11-10-22(15-28(24)39-7)40-16-19(2)42-30(37)20(3)36/h8-15,19-20,34,36H,16-17H2,1-7H3. The third-order valence-corrected chi connectivity index (χ3v) is 7.03. The number of rotatable bonds is 10. The minimum Gasteiger partial charge on any atom is -0.496 e. The molecule has 4 rings (SSSR count). The second-order valence-electron chi connectivity index (χ2n) is 10.9. The van der Waals surface area contributed by atoms with E-state index in [1.165, 1.54) is 19.1 Å². The van der Waals surface area contributed by atoms with Gasteiger partial charge in [-0.15, -0.1) is 0 Å². The number of aliphatic hydroxyl groups excluding tert-OH is 1. The Hall–Kier alpha value is -4.31. The fourth-order valence-corrected chi connectivity index (χ4v) is 4.84. The maximum atomic E-state index is 14.0. The number of fused-ring (bicyclic) bond motifs is 1. The highest BCUT2D eigenvalue weighted by atomic mass is 19.1. The van der Waals surface area contributed by atoms with Gasteiger partial charge in [0.1, 0.15) is 54.0 Å². The SMILES string of the molecule is COc1cc(OCC(C)OC(=O)C(C)O)ccc1-c1ccc2c(c1COc1cc(F)ccc1C)N(C)C(=O)C(C)(C)N2. The zero-order valence-electron chi connectivity index (χ0n) is 24.9. The van der Waals surface area contributed by atoms with Crippen molar-refractivity contribution in [2.24, 2.45) is 0 Å². The number of aliphatic hydroxyl groups is 1. The minimum atomic E-state index is -1.22. The van der Waals surface area contributed by atoms with E-state index >= 15 is 0 Å². The van der Waals surface area contributed by atoms with Crippen LogP contribution in [0, 0.1) is 12.7 Å². The third kappa shape index (κ3) is 6.44. The average Bonchev–Trinajstić information content (AvgIpc) is 2.94. The number of anilines is 2. The monoisotopic (exact) mass is 580 g/mol. The summed E-state index contributed by atoms with van der Waals surface area (Å²) in [6, 6.07) is 13.5. The lowest BCUT2D eigenvalue weighted by molar-refractivity contribution is -0.158. The van der Waals surface area contributed by atoms with Gasteiger partial charge in [0.15, 0.2) is 0 Å². The predicted octanol–water partition coefficient (Wildman–Crippen LogP) is 5.25. The van der Waals surface area contributed by atoms with Crippen LogP contribution in [0.2, 0.25) is 0 Å². The molecule has 2 atom stereocenters. The number of nitrogens with zero attached hydrogens (tertiary/aromatic N) is 1. The van der Waals surface area contributed by atoms with Crippen LogP contribution in [0.15, 0.2) is 48.5 Å². The van der Waals surface area contributed by atoms with Crippen molar-refractivity contribution in [3.63, 3.8) is 0 Å². The molecule has 3 aromatic rings. The van der Waals surface area contributed by atoms with Crippen LogP contribution >= 0.6 is 0 Å². The number of methoxy groups -OCH3 is 1. The molecule has 10 heteroatoms. The number of carbonyl (C=O) groups excluding carboxylic acids is 2. The van der Waals surface area contributed by atoms with Crippen LogP contribution in [0.4, 0.5) is 15.8 Å². The van der Waals surface area contributed by atoms with Gasteiger partial charge in [-0.25, -0.2) is 9.18 Å². The van der Waals surface area contributed by atoms with Crippen molar-refractivity contribution in [3.8, 4) is 28.4 Å². The number of aryl methyl sites for hydroxylation is 1. The molecule has 0 aliphatic carbocycles. The quantitative estimate of drug-likeness (QED) is 0.314. The van der Waals surface area contributed by atoms with E-state index in [-0.39, 0.29) is 19.1 Å². The molecule has 9 nitrogen and oxygen atoms in total. The van der Waals surface area contributed by atoms with Crippen molar-refractivity contribution in [1.82, 2.24) is 0 Å². The van der Waals surface area contributed by atoms with E-state index in [2.05, 4.69) is 5.32 Å². The van der Waals surface area contributed by atoms with Crippen molar-refractivity contribution in [2.75, 3.05) is 31.0 Å². The Balaban J connectivity index is 1.72. The highest BCUT2D eigenvalue weighted by Gasteiger charge is 2.38. The molecule has 1 amide bonds. The van der Waals surface area contributed by atoms with Crippen molar-refractivity contribution in [3.05, 3.63) is 65.5 Å². The van der Waals surface area contributed by atoms with Gasteiger partial charge >= 0.3 is 5.97 Å². The molecule has 0 radical (unpaired) electrons.